The molecule has 0 aromatic heterocycles. The quantitative estimate of drug-likeness (QED) is 0.447. The number of para-hydroxylation sites is 1. The van der Waals surface area contributed by atoms with E-state index >= 15 is 0 Å². The first-order valence-electron chi connectivity index (χ1n) is 10.6. The zero-order chi connectivity index (χ0) is 23.1. The molecule has 1 aliphatic rings. The molecule has 0 spiro atoms. The number of rotatable bonds is 8. The minimum atomic E-state index is -3.95. The number of hydrogen-bond acceptors (Lipinski definition) is 5. The predicted octanol–water partition coefficient (Wildman–Crippen LogP) is 3.63. The van der Waals surface area contributed by atoms with Gasteiger partial charge in [0.05, 0.1) is 22.7 Å². The van der Waals surface area contributed by atoms with Crippen molar-refractivity contribution in [3.63, 3.8) is 0 Å². The van der Waals surface area contributed by atoms with E-state index in [0.717, 1.165) is 19.3 Å². The Morgan fingerprint density at radius 1 is 1.16 bits per heavy atom. The number of hydrogen-bond donors (Lipinski definition) is 0. The van der Waals surface area contributed by atoms with Crippen molar-refractivity contribution in [2.24, 2.45) is 0 Å². The van der Waals surface area contributed by atoms with E-state index < -0.39 is 16.0 Å². The largest absolute Gasteiger partial charge is 0.452 e. The number of ether oxygens (including phenoxy) is 1. The smallest absolute Gasteiger partial charge is 0.338 e. The van der Waals surface area contributed by atoms with Crippen LogP contribution in [-0.4, -0.2) is 50.9 Å². The Morgan fingerprint density at radius 3 is 2.59 bits per heavy atom. The summed E-state index contributed by atoms with van der Waals surface area (Å²) in [6.07, 6.45) is 4.45. The van der Waals surface area contributed by atoms with E-state index in [-0.39, 0.29) is 35.6 Å². The molecular weight excluding hydrogens is 428 g/mol. The Morgan fingerprint density at radius 2 is 1.91 bits per heavy atom. The van der Waals surface area contributed by atoms with E-state index in [1.807, 2.05) is 6.92 Å². The van der Waals surface area contributed by atoms with Crippen molar-refractivity contribution in [1.82, 2.24) is 4.90 Å². The molecule has 1 saturated heterocycles. The number of sulfonamides is 1. The minimum Gasteiger partial charge on any atom is -0.452 e. The number of carbonyl (C=O) groups is 2. The molecule has 2 aromatic carbocycles. The maximum atomic E-state index is 13.3. The molecule has 1 fully saturated rings. The van der Waals surface area contributed by atoms with Crippen LogP contribution in [0.25, 0.3) is 0 Å². The predicted molar refractivity (Wildman–Crippen MR) is 123 cm³/mol. The third-order valence-electron chi connectivity index (χ3n) is 5.45. The number of benzene rings is 2. The first-order valence-corrected chi connectivity index (χ1v) is 12.0. The first-order chi connectivity index (χ1) is 15.3. The molecule has 1 heterocycles. The van der Waals surface area contributed by atoms with Gasteiger partial charge in [-0.05, 0) is 56.5 Å². The number of anilines is 1. The zero-order valence-corrected chi connectivity index (χ0v) is 19.0. The standard InChI is InChI=1S/C24H28N2O5S/c1-3-15-26(21-12-5-4-6-13-21)32(29,30)22-14-9-11-20(17-22)24(28)31-18-23(27)25-16-8-7-10-19(25)2/h3-6,9,11-14,17,19H,1,7-8,10,15-16,18H2,2H3. The van der Waals surface area contributed by atoms with Gasteiger partial charge in [0, 0.05) is 12.6 Å². The van der Waals surface area contributed by atoms with E-state index in [4.69, 9.17) is 4.74 Å². The fourth-order valence-electron chi connectivity index (χ4n) is 3.73. The second kappa shape index (κ2) is 10.5. The molecule has 32 heavy (non-hydrogen) atoms. The lowest BCUT2D eigenvalue weighted by Crippen LogP contribution is -2.44. The summed E-state index contributed by atoms with van der Waals surface area (Å²) in [5, 5.41) is 0. The van der Waals surface area contributed by atoms with Gasteiger partial charge in [-0.3, -0.25) is 9.10 Å². The highest BCUT2D eigenvalue weighted by molar-refractivity contribution is 7.92. The number of esters is 1. The van der Waals surface area contributed by atoms with Crippen molar-refractivity contribution in [3.05, 3.63) is 72.8 Å². The molecule has 1 unspecified atom stereocenters. The minimum absolute atomic E-state index is 0.0476. The van der Waals surface area contributed by atoms with Gasteiger partial charge in [0.15, 0.2) is 6.61 Å². The molecule has 7 nitrogen and oxygen atoms in total. The Bertz CT molecular complexity index is 1070. The van der Waals surface area contributed by atoms with Gasteiger partial charge in [-0.25, -0.2) is 13.2 Å². The third kappa shape index (κ3) is 5.37. The van der Waals surface area contributed by atoms with Crippen LogP contribution in [0.1, 0.15) is 36.5 Å². The summed E-state index contributed by atoms with van der Waals surface area (Å²) in [5.74, 6) is -0.981. The van der Waals surface area contributed by atoms with Crippen molar-refractivity contribution in [2.75, 3.05) is 24.0 Å². The van der Waals surface area contributed by atoms with Crippen LogP contribution >= 0.6 is 0 Å². The van der Waals surface area contributed by atoms with Gasteiger partial charge in [-0.2, -0.15) is 0 Å². The number of carbonyl (C=O) groups excluding carboxylic acids is 2. The lowest BCUT2D eigenvalue weighted by atomic mass is 10.0. The maximum Gasteiger partial charge on any atom is 0.338 e. The van der Waals surface area contributed by atoms with Crippen LogP contribution in [0.15, 0.2) is 72.1 Å². The highest BCUT2D eigenvalue weighted by Crippen LogP contribution is 2.24. The molecule has 0 bridgehead atoms. The summed E-state index contributed by atoms with van der Waals surface area (Å²) in [6, 6.07) is 14.4. The molecule has 0 radical (unpaired) electrons. The number of nitrogens with zero attached hydrogens (tertiary/aromatic N) is 2. The maximum absolute atomic E-state index is 13.3. The van der Waals surface area contributed by atoms with Crippen LogP contribution in [0, 0.1) is 0 Å². The van der Waals surface area contributed by atoms with Gasteiger partial charge >= 0.3 is 5.97 Å². The second-order valence-electron chi connectivity index (χ2n) is 7.70. The Kier molecular flexibility index (Phi) is 7.69. The summed E-state index contributed by atoms with van der Waals surface area (Å²) >= 11 is 0. The van der Waals surface area contributed by atoms with Crippen molar-refractivity contribution >= 4 is 27.6 Å². The van der Waals surface area contributed by atoms with Crippen molar-refractivity contribution in [3.8, 4) is 0 Å². The number of likely N-dealkylation sites (tertiary alicyclic amines) is 1. The summed E-state index contributed by atoms with van der Waals surface area (Å²) < 4.78 is 33.0. The van der Waals surface area contributed by atoms with Crippen LogP contribution < -0.4 is 4.31 Å². The molecule has 0 saturated carbocycles. The van der Waals surface area contributed by atoms with E-state index in [0.29, 0.717) is 12.2 Å². The van der Waals surface area contributed by atoms with Gasteiger partial charge < -0.3 is 9.64 Å². The van der Waals surface area contributed by atoms with Crippen LogP contribution in [0.3, 0.4) is 0 Å². The van der Waals surface area contributed by atoms with E-state index in [1.165, 1.54) is 34.6 Å². The van der Waals surface area contributed by atoms with Crippen LogP contribution in [0.2, 0.25) is 0 Å². The van der Waals surface area contributed by atoms with Crippen molar-refractivity contribution in [2.45, 2.75) is 37.1 Å². The van der Waals surface area contributed by atoms with Crippen molar-refractivity contribution < 1.29 is 22.7 Å². The van der Waals surface area contributed by atoms with Gasteiger partial charge in [0.2, 0.25) is 0 Å². The van der Waals surface area contributed by atoms with Gasteiger partial charge in [-0.1, -0.05) is 30.3 Å². The molecule has 1 amide bonds. The summed E-state index contributed by atoms with van der Waals surface area (Å²) in [5.41, 5.74) is 0.554. The fraction of sp³-hybridized carbons (Fsp3) is 0.333. The molecule has 2 aromatic rings. The molecule has 0 N–H and O–H groups in total. The summed E-state index contributed by atoms with van der Waals surface area (Å²) in [6.45, 7) is 5.99. The van der Waals surface area contributed by atoms with Crippen molar-refractivity contribution in [1.29, 1.82) is 0 Å². The molecule has 1 atom stereocenters. The number of piperidine rings is 1. The van der Waals surface area contributed by atoms with Crippen LogP contribution in [0.5, 0.6) is 0 Å². The van der Waals surface area contributed by atoms with Gasteiger partial charge in [0.1, 0.15) is 0 Å². The topological polar surface area (TPSA) is 84.0 Å². The molecular formula is C24H28N2O5S. The first kappa shape index (κ1) is 23.5. The highest BCUT2D eigenvalue weighted by atomic mass is 32.2. The van der Waals surface area contributed by atoms with Crippen LogP contribution in [-0.2, 0) is 19.6 Å². The van der Waals surface area contributed by atoms with Crippen LogP contribution in [0.4, 0.5) is 5.69 Å². The zero-order valence-electron chi connectivity index (χ0n) is 18.1. The summed E-state index contributed by atoms with van der Waals surface area (Å²) in [4.78, 5) is 26.6. The van der Waals surface area contributed by atoms with E-state index in [2.05, 4.69) is 6.58 Å². The average molecular weight is 457 g/mol. The summed E-state index contributed by atoms with van der Waals surface area (Å²) in [7, 11) is -3.95. The third-order valence-corrected chi connectivity index (χ3v) is 7.24. The molecule has 0 aliphatic carbocycles. The van der Waals surface area contributed by atoms with E-state index in [9.17, 15) is 18.0 Å². The second-order valence-corrected chi connectivity index (χ2v) is 9.56. The SMILES string of the molecule is C=CCN(c1ccccc1)S(=O)(=O)c1cccc(C(=O)OCC(=O)N2CCCCC2C)c1. The normalized spacial score (nSPS) is 16.3. The average Bonchev–Trinajstić information content (AvgIpc) is 2.81. The molecule has 1 aliphatic heterocycles. The monoisotopic (exact) mass is 456 g/mol. The van der Waals surface area contributed by atoms with E-state index in [1.54, 1.807) is 35.2 Å². The molecule has 170 valence electrons. The van der Waals surface area contributed by atoms with Gasteiger partial charge in [-0.15, -0.1) is 6.58 Å². The Labute approximate surface area is 189 Å². The molecule has 3 rings (SSSR count). The highest BCUT2D eigenvalue weighted by Gasteiger charge is 2.26. The van der Waals surface area contributed by atoms with Gasteiger partial charge in [0.25, 0.3) is 15.9 Å². The molecule has 8 heteroatoms. The fourth-order valence-corrected chi connectivity index (χ4v) is 5.21. The Balaban J connectivity index is 1.75. The Hall–Kier alpha value is -3.13. The number of amides is 1. The lowest BCUT2D eigenvalue weighted by Gasteiger charge is -2.33. The lowest BCUT2D eigenvalue weighted by molar-refractivity contribution is -0.137.